The lowest BCUT2D eigenvalue weighted by molar-refractivity contribution is -0.384. The van der Waals surface area contributed by atoms with E-state index in [1.807, 2.05) is 0 Å². The summed E-state index contributed by atoms with van der Waals surface area (Å²) in [7, 11) is 0. The Bertz CT molecular complexity index is 650. The van der Waals surface area contributed by atoms with Gasteiger partial charge in [-0.25, -0.2) is 9.59 Å². The number of hydrogen-bond donors (Lipinski definition) is 2. The first-order valence-corrected chi connectivity index (χ1v) is 7.25. The standard InChI is InChI=1S/C15H19N3O7/c1-15(2,3)25-14(21)17-8-12(19)16-9-13(20)24-11-6-4-10(5-7-11)18(22)23/h4-7H,8-9H2,1-3H3,(H,16,19)(H,17,21). The average Bonchev–Trinajstić information content (AvgIpc) is 2.50. The zero-order valence-electron chi connectivity index (χ0n) is 14.0. The normalized spacial score (nSPS) is 10.5. The second kappa shape index (κ2) is 8.62. The van der Waals surface area contributed by atoms with Gasteiger partial charge in [0.25, 0.3) is 5.69 Å². The number of rotatable bonds is 6. The van der Waals surface area contributed by atoms with Gasteiger partial charge in [-0.05, 0) is 32.9 Å². The van der Waals surface area contributed by atoms with Gasteiger partial charge in [0.2, 0.25) is 5.91 Å². The molecule has 25 heavy (non-hydrogen) atoms. The second-order valence-electron chi connectivity index (χ2n) is 5.86. The van der Waals surface area contributed by atoms with Crippen LogP contribution in [0.5, 0.6) is 5.75 Å². The molecular weight excluding hydrogens is 334 g/mol. The van der Waals surface area contributed by atoms with E-state index in [0.29, 0.717) is 0 Å². The van der Waals surface area contributed by atoms with Crippen LogP contribution in [0.15, 0.2) is 24.3 Å². The minimum atomic E-state index is -0.764. The molecule has 0 atom stereocenters. The molecule has 0 spiro atoms. The molecule has 0 saturated carbocycles. The van der Waals surface area contributed by atoms with E-state index >= 15 is 0 Å². The zero-order chi connectivity index (χ0) is 19.0. The summed E-state index contributed by atoms with van der Waals surface area (Å²) in [5.74, 6) is -1.26. The first-order valence-electron chi connectivity index (χ1n) is 7.25. The fraction of sp³-hybridized carbons (Fsp3) is 0.400. The predicted molar refractivity (Wildman–Crippen MR) is 86.0 cm³/mol. The Labute approximate surface area is 143 Å². The van der Waals surface area contributed by atoms with Crippen molar-refractivity contribution in [1.29, 1.82) is 0 Å². The number of carbonyl (C=O) groups excluding carboxylic acids is 3. The topological polar surface area (TPSA) is 137 Å². The first-order chi connectivity index (χ1) is 11.6. The van der Waals surface area contributed by atoms with Crippen molar-refractivity contribution in [3.63, 3.8) is 0 Å². The van der Waals surface area contributed by atoms with Crippen molar-refractivity contribution < 1.29 is 28.8 Å². The highest BCUT2D eigenvalue weighted by Gasteiger charge is 2.17. The number of nitro benzene ring substituents is 1. The van der Waals surface area contributed by atoms with Crippen molar-refractivity contribution in [3.05, 3.63) is 34.4 Å². The molecule has 0 saturated heterocycles. The van der Waals surface area contributed by atoms with Gasteiger partial charge in [-0.3, -0.25) is 14.9 Å². The van der Waals surface area contributed by atoms with Crippen LogP contribution in [0.4, 0.5) is 10.5 Å². The van der Waals surface area contributed by atoms with E-state index < -0.39 is 35.0 Å². The first kappa shape index (κ1) is 19.9. The molecule has 0 aromatic heterocycles. The molecule has 0 aliphatic carbocycles. The second-order valence-corrected chi connectivity index (χ2v) is 5.86. The molecule has 0 aliphatic rings. The number of hydrogen-bond acceptors (Lipinski definition) is 7. The highest BCUT2D eigenvalue weighted by atomic mass is 16.6. The molecular formula is C15H19N3O7. The van der Waals surface area contributed by atoms with Gasteiger partial charge in [-0.1, -0.05) is 0 Å². The minimum absolute atomic E-state index is 0.108. The van der Waals surface area contributed by atoms with Gasteiger partial charge in [-0.2, -0.15) is 0 Å². The summed E-state index contributed by atoms with van der Waals surface area (Å²) >= 11 is 0. The largest absolute Gasteiger partial charge is 0.444 e. The summed E-state index contributed by atoms with van der Waals surface area (Å²) in [5, 5.41) is 15.0. The Morgan fingerprint density at radius 1 is 1.08 bits per heavy atom. The number of nitro groups is 1. The Morgan fingerprint density at radius 3 is 2.20 bits per heavy atom. The molecule has 2 N–H and O–H groups in total. The summed E-state index contributed by atoms with van der Waals surface area (Å²) in [5.41, 5.74) is -0.823. The van der Waals surface area contributed by atoms with Crippen LogP contribution in [-0.4, -0.2) is 41.6 Å². The lowest BCUT2D eigenvalue weighted by atomic mass is 10.2. The molecule has 0 radical (unpaired) electrons. The molecule has 0 bridgehead atoms. The van der Waals surface area contributed by atoms with Gasteiger partial charge in [0.15, 0.2) is 0 Å². The maximum Gasteiger partial charge on any atom is 0.408 e. The number of non-ortho nitro benzene ring substituents is 1. The Morgan fingerprint density at radius 2 is 1.68 bits per heavy atom. The van der Waals surface area contributed by atoms with E-state index in [-0.39, 0.29) is 18.0 Å². The maximum atomic E-state index is 11.6. The predicted octanol–water partition coefficient (Wildman–Crippen LogP) is 1.14. The van der Waals surface area contributed by atoms with Gasteiger partial charge < -0.3 is 20.1 Å². The number of esters is 1. The molecule has 0 fully saturated rings. The van der Waals surface area contributed by atoms with Crippen LogP contribution in [0.1, 0.15) is 20.8 Å². The van der Waals surface area contributed by atoms with Crippen molar-refractivity contribution >= 4 is 23.7 Å². The van der Waals surface area contributed by atoms with E-state index in [2.05, 4.69) is 10.6 Å². The van der Waals surface area contributed by atoms with E-state index in [0.717, 1.165) is 0 Å². The number of ether oxygens (including phenoxy) is 2. The van der Waals surface area contributed by atoms with Crippen LogP contribution in [0, 0.1) is 10.1 Å². The van der Waals surface area contributed by atoms with Crippen LogP contribution in [0.3, 0.4) is 0 Å². The summed E-state index contributed by atoms with van der Waals surface area (Å²) in [6, 6.07) is 4.90. The van der Waals surface area contributed by atoms with Crippen molar-refractivity contribution in [2.24, 2.45) is 0 Å². The van der Waals surface area contributed by atoms with Crippen LogP contribution in [0.25, 0.3) is 0 Å². The molecule has 1 rings (SSSR count). The molecule has 1 aromatic carbocycles. The minimum Gasteiger partial charge on any atom is -0.444 e. The monoisotopic (exact) mass is 353 g/mol. The molecule has 10 nitrogen and oxygen atoms in total. The van der Waals surface area contributed by atoms with Gasteiger partial charge in [0.1, 0.15) is 24.4 Å². The molecule has 2 amide bonds. The summed E-state index contributed by atoms with van der Waals surface area (Å²) in [4.78, 5) is 44.4. The van der Waals surface area contributed by atoms with E-state index in [1.165, 1.54) is 24.3 Å². The Balaban J connectivity index is 2.32. The number of alkyl carbamates (subject to hydrolysis) is 1. The smallest absolute Gasteiger partial charge is 0.408 e. The third-order valence-electron chi connectivity index (χ3n) is 2.50. The number of amides is 2. The average molecular weight is 353 g/mol. The summed E-state index contributed by atoms with van der Waals surface area (Å²) in [6.07, 6.45) is -0.754. The van der Waals surface area contributed by atoms with Crippen LogP contribution in [0.2, 0.25) is 0 Å². The fourth-order valence-electron chi connectivity index (χ4n) is 1.50. The van der Waals surface area contributed by atoms with Crippen molar-refractivity contribution in [1.82, 2.24) is 10.6 Å². The molecule has 0 heterocycles. The van der Waals surface area contributed by atoms with Crippen molar-refractivity contribution in [2.75, 3.05) is 13.1 Å². The maximum absolute atomic E-state index is 11.6. The number of nitrogens with one attached hydrogen (secondary N) is 2. The lowest BCUT2D eigenvalue weighted by Gasteiger charge is -2.19. The van der Waals surface area contributed by atoms with Crippen LogP contribution < -0.4 is 15.4 Å². The van der Waals surface area contributed by atoms with Gasteiger partial charge in [-0.15, -0.1) is 0 Å². The quantitative estimate of drug-likeness (QED) is 0.338. The molecule has 1 aromatic rings. The van der Waals surface area contributed by atoms with E-state index in [9.17, 15) is 24.5 Å². The van der Waals surface area contributed by atoms with Gasteiger partial charge in [0.05, 0.1) is 4.92 Å². The summed E-state index contributed by atoms with van der Waals surface area (Å²) < 4.78 is 9.85. The van der Waals surface area contributed by atoms with Crippen molar-refractivity contribution in [2.45, 2.75) is 26.4 Å². The number of carbonyl (C=O) groups is 3. The van der Waals surface area contributed by atoms with Crippen molar-refractivity contribution in [3.8, 4) is 5.75 Å². The molecule has 136 valence electrons. The van der Waals surface area contributed by atoms with Gasteiger partial charge in [0, 0.05) is 12.1 Å². The highest BCUT2D eigenvalue weighted by molar-refractivity contribution is 5.86. The van der Waals surface area contributed by atoms with Gasteiger partial charge >= 0.3 is 12.1 Å². The fourth-order valence-corrected chi connectivity index (χ4v) is 1.50. The zero-order valence-corrected chi connectivity index (χ0v) is 14.0. The molecule has 0 unspecified atom stereocenters. The Hall–Kier alpha value is -3.17. The van der Waals surface area contributed by atoms with Crippen LogP contribution in [-0.2, 0) is 14.3 Å². The SMILES string of the molecule is CC(C)(C)OC(=O)NCC(=O)NCC(=O)Oc1ccc([N+](=O)[O-])cc1. The number of nitrogens with zero attached hydrogens (tertiary/aromatic N) is 1. The van der Waals surface area contributed by atoms with Crippen LogP contribution >= 0.6 is 0 Å². The highest BCUT2D eigenvalue weighted by Crippen LogP contribution is 2.17. The molecule has 10 heteroatoms. The summed E-state index contributed by atoms with van der Waals surface area (Å²) in [6.45, 7) is 4.26. The van der Waals surface area contributed by atoms with E-state index in [1.54, 1.807) is 20.8 Å². The number of benzene rings is 1. The Kier molecular flexibility index (Phi) is 6.85. The third-order valence-corrected chi connectivity index (χ3v) is 2.50. The van der Waals surface area contributed by atoms with E-state index in [4.69, 9.17) is 9.47 Å². The molecule has 0 aliphatic heterocycles. The third kappa shape index (κ3) is 8.30. The lowest BCUT2D eigenvalue weighted by Crippen LogP contribution is -2.41.